The molecule has 0 spiro atoms. The van der Waals surface area contributed by atoms with E-state index in [-0.39, 0.29) is 0 Å². The summed E-state index contributed by atoms with van der Waals surface area (Å²) in [6, 6.07) is 11.7. The molecular weight excluding hydrogens is 286 g/mol. The lowest BCUT2D eigenvalue weighted by Gasteiger charge is -2.18. The van der Waals surface area contributed by atoms with E-state index in [4.69, 9.17) is 11.6 Å². The molecule has 2 heterocycles. The molecule has 0 radical (unpaired) electrons. The van der Waals surface area contributed by atoms with Crippen molar-refractivity contribution < 1.29 is 0 Å². The van der Waals surface area contributed by atoms with Gasteiger partial charge in [-0.15, -0.1) is 0 Å². The smallest absolute Gasteiger partial charge is 0.133 e. The van der Waals surface area contributed by atoms with Gasteiger partial charge in [-0.05, 0) is 19.1 Å². The van der Waals surface area contributed by atoms with Crippen LogP contribution in [0.15, 0.2) is 42.5 Å². The molecule has 0 bridgehead atoms. The number of anilines is 2. The molecule has 0 fully saturated rings. The van der Waals surface area contributed by atoms with Gasteiger partial charge in [-0.2, -0.15) is 5.26 Å². The van der Waals surface area contributed by atoms with Gasteiger partial charge in [-0.1, -0.05) is 23.7 Å². The summed E-state index contributed by atoms with van der Waals surface area (Å²) in [6.45, 7) is 2.77. The molecule has 3 rings (SSSR count). The molecule has 1 aromatic carbocycles. The Morgan fingerprint density at radius 1 is 1.38 bits per heavy atom. The van der Waals surface area contributed by atoms with Crippen molar-refractivity contribution in [2.45, 2.75) is 6.92 Å². The quantitative estimate of drug-likeness (QED) is 0.681. The Labute approximate surface area is 127 Å². The van der Waals surface area contributed by atoms with E-state index in [0.717, 1.165) is 23.7 Å². The van der Waals surface area contributed by atoms with Crippen LogP contribution in [0.1, 0.15) is 12.6 Å². The Balaban J connectivity index is 2.15. The van der Waals surface area contributed by atoms with Crippen LogP contribution in [-0.4, -0.2) is 16.5 Å². The van der Waals surface area contributed by atoms with E-state index >= 15 is 0 Å². The number of nitriles is 1. The maximum absolute atomic E-state index is 9.55. The van der Waals surface area contributed by atoms with Crippen LogP contribution in [0.25, 0.3) is 5.57 Å². The van der Waals surface area contributed by atoms with E-state index in [1.807, 2.05) is 36.1 Å². The topological polar surface area (TPSA) is 64.8 Å². The predicted molar refractivity (Wildman–Crippen MR) is 82.7 cm³/mol. The van der Waals surface area contributed by atoms with Crippen LogP contribution >= 0.6 is 11.6 Å². The number of benzene rings is 1. The minimum atomic E-state index is 0.312. The van der Waals surface area contributed by atoms with Crippen LogP contribution in [0.3, 0.4) is 0 Å². The number of hydrogen-bond acceptors (Lipinski definition) is 5. The monoisotopic (exact) mass is 297 g/mol. The lowest BCUT2D eigenvalue weighted by molar-refractivity contribution is 0.990. The molecule has 1 N–H and O–H groups in total. The summed E-state index contributed by atoms with van der Waals surface area (Å²) >= 11 is 5.89. The molecule has 0 amide bonds. The summed E-state index contributed by atoms with van der Waals surface area (Å²) in [7, 11) is 0. The zero-order valence-corrected chi connectivity index (χ0v) is 12.1. The third kappa shape index (κ3) is 2.30. The van der Waals surface area contributed by atoms with Crippen molar-refractivity contribution in [3.63, 3.8) is 0 Å². The number of rotatable bonds is 2. The third-order valence-electron chi connectivity index (χ3n) is 3.27. The summed E-state index contributed by atoms with van der Waals surface area (Å²) in [6.07, 6.45) is 1.36. The molecule has 0 aliphatic carbocycles. The molecule has 6 heteroatoms. The zero-order valence-electron chi connectivity index (χ0n) is 11.3. The van der Waals surface area contributed by atoms with Gasteiger partial charge in [0.2, 0.25) is 0 Å². The van der Waals surface area contributed by atoms with Gasteiger partial charge in [0.05, 0.1) is 17.1 Å². The number of fused-ring (bicyclic) bond motifs is 1. The Kier molecular flexibility index (Phi) is 3.46. The van der Waals surface area contributed by atoms with Crippen LogP contribution in [0.2, 0.25) is 5.15 Å². The molecule has 1 aromatic heterocycles. The summed E-state index contributed by atoms with van der Waals surface area (Å²) in [5.41, 5.74) is 2.97. The van der Waals surface area contributed by atoms with Crippen molar-refractivity contribution in [1.29, 1.82) is 5.26 Å². The second-order valence-electron chi connectivity index (χ2n) is 4.45. The maximum atomic E-state index is 9.55. The largest absolute Gasteiger partial charge is 0.339 e. The van der Waals surface area contributed by atoms with Gasteiger partial charge >= 0.3 is 0 Å². The number of allylic oxidation sites excluding steroid dienone is 1. The normalized spacial score (nSPS) is 15.2. The van der Waals surface area contributed by atoms with E-state index in [0.29, 0.717) is 16.4 Å². The molecule has 1 aliphatic rings. The highest BCUT2D eigenvalue weighted by molar-refractivity contribution is 6.29. The average molecular weight is 298 g/mol. The van der Waals surface area contributed by atoms with E-state index in [2.05, 4.69) is 21.4 Å². The molecular formula is C15H12ClN5. The number of halogens is 1. The summed E-state index contributed by atoms with van der Waals surface area (Å²) in [5, 5.41) is 13.1. The maximum Gasteiger partial charge on any atom is 0.133 e. The molecule has 1 aliphatic heterocycles. The van der Waals surface area contributed by atoms with Crippen molar-refractivity contribution in [2.24, 2.45) is 0 Å². The van der Waals surface area contributed by atoms with Crippen molar-refractivity contribution >= 4 is 28.5 Å². The molecule has 21 heavy (non-hydrogen) atoms. The van der Waals surface area contributed by atoms with Crippen LogP contribution in [0.4, 0.5) is 11.4 Å². The van der Waals surface area contributed by atoms with Crippen LogP contribution in [0, 0.1) is 11.3 Å². The summed E-state index contributed by atoms with van der Waals surface area (Å²) in [4.78, 5) is 10.0. The first kappa shape index (κ1) is 13.4. The van der Waals surface area contributed by atoms with Gasteiger partial charge in [0, 0.05) is 12.6 Å². The standard InChI is InChI=1S/C15H12ClN5/c1-2-21-13-6-4-3-5-11(13)20-15(21)10(8-17)12-7-14(16)19-9-18-12/h3-7,9,20H,2H2,1H3/b15-10+. The SMILES string of the molecule is CCN1/C(=C(\C#N)c2cc(Cl)ncn2)Nc2ccccc21. The zero-order chi connectivity index (χ0) is 14.8. The molecule has 0 atom stereocenters. The number of aromatic nitrogens is 2. The fourth-order valence-corrected chi connectivity index (χ4v) is 2.50. The molecule has 5 nitrogen and oxygen atoms in total. The Bertz CT molecular complexity index is 763. The first-order chi connectivity index (χ1) is 10.2. The van der Waals surface area contributed by atoms with Crippen molar-refractivity contribution in [3.8, 4) is 6.07 Å². The first-order valence-electron chi connectivity index (χ1n) is 6.50. The fraction of sp³-hybridized carbons (Fsp3) is 0.133. The Morgan fingerprint density at radius 2 is 2.19 bits per heavy atom. The third-order valence-corrected chi connectivity index (χ3v) is 3.48. The Morgan fingerprint density at radius 3 is 2.90 bits per heavy atom. The summed E-state index contributed by atoms with van der Waals surface area (Å²) < 4.78 is 0. The second-order valence-corrected chi connectivity index (χ2v) is 4.84. The predicted octanol–water partition coefficient (Wildman–Crippen LogP) is 3.27. The highest BCUT2D eigenvalue weighted by Gasteiger charge is 2.26. The van der Waals surface area contributed by atoms with E-state index in [9.17, 15) is 5.26 Å². The lowest BCUT2D eigenvalue weighted by atomic mass is 10.2. The Hall–Kier alpha value is -2.58. The molecule has 2 aromatic rings. The van der Waals surface area contributed by atoms with Crippen LogP contribution < -0.4 is 10.2 Å². The van der Waals surface area contributed by atoms with Crippen LogP contribution in [0.5, 0.6) is 0 Å². The van der Waals surface area contributed by atoms with Gasteiger partial charge < -0.3 is 10.2 Å². The van der Waals surface area contributed by atoms with Gasteiger partial charge in [0.25, 0.3) is 0 Å². The number of hydrogen-bond donors (Lipinski definition) is 1. The minimum absolute atomic E-state index is 0.312. The number of para-hydroxylation sites is 2. The van der Waals surface area contributed by atoms with E-state index < -0.39 is 0 Å². The van der Waals surface area contributed by atoms with E-state index in [1.165, 1.54) is 6.33 Å². The fourth-order valence-electron chi connectivity index (χ4n) is 2.36. The number of nitrogens with one attached hydrogen (secondary N) is 1. The highest BCUT2D eigenvalue weighted by atomic mass is 35.5. The molecule has 0 saturated heterocycles. The van der Waals surface area contributed by atoms with Crippen molar-refractivity contribution in [1.82, 2.24) is 9.97 Å². The van der Waals surface area contributed by atoms with E-state index in [1.54, 1.807) is 6.07 Å². The summed E-state index contributed by atoms with van der Waals surface area (Å²) in [5.74, 6) is 0.718. The van der Waals surface area contributed by atoms with Crippen LogP contribution in [-0.2, 0) is 0 Å². The van der Waals surface area contributed by atoms with Gasteiger partial charge in [-0.3, -0.25) is 0 Å². The minimum Gasteiger partial charge on any atom is -0.339 e. The molecule has 104 valence electrons. The molecule has 0 unspecified atom stereocenters. The van der Waals surface area contributed by atoms with Gasteiger partial charge in [-0.25, -0.2) is 9.97 Å². The highest BCUT2D eigenvalue weighted by Crippen LogP contribution is 2.38. The molecule has 0 saturated carbocycles. The first-order valence-corrected chi connectivity index (χ1v) is 6.88. The lowest BCUT2D eigenvalue weighted by Crippen LogP contribution is -2.21. The second kappa shape index (κ2) is 5.43. The average Bonchev–Trinajstić information content (AvgIpc) is 2.86. The van der Waals surface area contributed by atoms with Crippen molar-refractivity contribution in [2.75, 3.05) is 16.8 Å². The van der Waals surface area contributed by atoms with Gasteiger partial charge in [0.15, 0.2) is 0 Å². The van der Waals surface area contributed by atoms with Crippen molar-refractivity contribution in [3.05, 3.63) is 53.3 Å². The van der Waals surface area contributed by atoms with Gasteiger partial charge in [0.1, 0.15) is 28.9 Å². The number of nitrogens with zero attached hydrogens (tertiary/aromatic N) is 4.